The first kappa shape index (κ1) is 12.5. The van der Waals surface area contributed by atoms with Crippen molar-refractivity contribution in [3.05, 3.63) is 22.3 Å². The van der Waals surface area contributed by atoms with Gasteiger partial charge in [-0.25, -0.2) is 4.98 Å². The van der Waals surface area contributed by atoms with Crippen molar-refractivity contribution in [3.8, 4) is 0 Å². The molecule has 3 N–H and O–H groups in total. The Morgan fingerprint density at radius 3 is 2.73 bits per heavy atom. The van der Waals surface area contributed by atoms with Gasteiger partial charge in [-0.05, 0) is 46.4 Å². The van der Waals surface area contributed by atoms with Crippen LogP contribution in [0.25, 0.3) is 0 Å². The van der Waals surface area contributed by atoms with Gasteiger partial charge in [0.15, 0.2) is 0 Å². The zero-order valence-electron chi connectivity index (χ0n) is 9.47. The molecule has 0 atom stereocenters. The number of anilines is 1. The van der Waals surface area contributed by atoms with Crippen LogP contribution in [0, 0.1) is 12.3 Å². The van der Waals surface area contributed by atoms with Crippen molar-refractivity contribution in [2.75, 3.05) is 18.4 Å². The number of nitrogens with zero attached hydrogens (tertiary/aromatic N) is 1. The number of hydrogen-bond acceptors (Lipinski definition) is 3. The average molecular weight is 272 g/mol. The number of nitrogens with one attached hydrogen (secondary N) is 1. The van der Waals surface area contributed by atoms with Crippen LogP contribution in [0.4, 0.5) is 5.82 Å². The molecule has 84 valence electrons. The number of aromatic nitrogens is 1. The Kier molecular flexibility index (Phi) is 4.11. The van der Waals surface area contributed by atoms with Crippen LogP contribution in [-0.2, 0) is 0 Å². The Balaban J connectivity index is 2.62. The molecule has 0 saturated heterocycles. The molecular formula is C11H18BrN3. The Morgan fingerprint density at radius 2 is 2.20 bits per heavy atom. The van der Waals surface area contributed by atoms with Gasteiger partial charge < -0.3 is 11.1 Å². The second-order valence-corrected chi connectivity index (χ2v) is 5.39. The minimum absolute atomic E-state index is 0.0999. The fraction of sp³-hybridized carbons (Fsp3) is 0.545. The average Bonchev–Trinajstić information content (AvgIpc) is 2.20. The Morgan fingerprint density at radius 1 is 1.53 bits per heavy atom. The predicted octanol–water partition coefficient (Wildman–Crippen LogP) is 2.55. The van der Waals surface area contributed by atoms with Crippen LogP contribution in [0.5, 0.6) is 0 Å². The quantitative estimate of drug-likeness (QED) is 0.885. The lowest BCUT2D eigenvalue weighted by atomic mass is 9.94. The molecule has 4 heteroatoms. The molecule has 0 spiro atoms. The van der Waals surface area contributed by atoms with Crippen LogP contribution in [0.3, 0.4) is 0 Å². The highest BCUT2D eigenvalue weighted by atomic mass is 79.9. The van der Waals surface area contributed by atoms with Crippen molar-refractivity contribution in [1.29, 1.82) is 0 Å². The molecule has 0 fully saturated rings. The summed E-state index contributed by atoms with van der Waals surface area (Å²) in [5, 5.41) is 3.29. The maximum absolute atomic E-state index is 5.66. The number of aryl methyl sites for hydroxylation is 1. The minimum Gasteiger partial charge on any atom is -0.369 e. The van der Waals surface area contributed by atoms with E-state index in [9.17, 15) is 0 Å². The van der Waals surface area contributed by atoms with Crippen LogP contribution in [-0.4, -0.2) is 18.1 Å². The summed E-state index contributed by atoms with van der Waals surface area (Å²) < 4.78 is 1.03. The van der Waals surface area contributed by atoms with E-state index in [-0.39, 0.29) is 5.41 Å². The van der Waals surface area contributed by atoms with E-state index in [2.05, 4.69) is 40.1 Å². The third-order valence-corrected chi connectivity index (χ3v) is 3.18. The first-order valence-corrected chi connectivity index (χ1v) is 5.80. The monoisotopic (exact) mass is 271 g/mol. The van der Waals surface area contributed by atoms with Gasteiger partial charge in [0.1, 0.15) is 5.82 Å². The number of halogens is 1. The molecule has 1 aromatic rings. The number of hydrogen-bond donors (Lipinski definition) is 2. The second-order valence-electron chi connectivity index (χ2n) is 4.54. The van der Waals surface area contributed by atoms with Gasteiger partial charge in [-0.15, -0.1) is 0 Å². The summed E-state index contributed by atoms with van der Waals surface area (Å²) in [5.41, 5.74) is 6.94. The molecule has 0 unspecified atom stereocenters. The van der Waals surface area contributed by atoms with Crippen molar-refractivity contribution in [1.82, 2.24) is 4.98 Å². The highest BCUT2D eigenvalue weighted by Crippen LogP contribution is 2.19. The zero-order valence-corrected chi connectivity index (χ0v) is 11.1. The lowest BCUT2D eigenvalue weighted by molar-refractivity contribution is 0.405. The molecule has 0 bridgehead atoms. The third-order valence-electron chi connectivity index (χ3n) is 2.35. The van der Waals surface area contributed by atoms with Crippen LogP contribution >= 0.6 is 15.9 Å². The number of rotatable bonds is 4. The predicted molar refractivity (Wildman–Crippen MR) is 68.0 cm³/mol. The summed E-state index contributed by atoms with van der Waals surface area (Å²) in [5.74, 6) is 0.900. The van der Waals surface area contributed by atoms with Gasteiger partial charge in [-0.2, -0.15) is 0 Å². The van der Waals surface area contributed by atoms with Gasteiger partial charge in [0.2, 0.25) is 0 Å². The molecule has 0 saturated carbocycles. The summed E-state index contributed by atoms with van der Waals surface area (Å²) in [6, 6.07) is 2.02. The molecule has 0 radical (unpaired) electrons. The molecule has 0 amide bonds. The fourth-order valence-electron chi connectivity index (χ4n) is 1.04. The molecule has 0 aromatic carbocycles. The smallest absolute Gasteiger partial charge is 0.126 e. The first-order valence-electron chi connectivity index (χ1n) is 5.01. The lowest BCUT2D eigenvalue weighted by Crippen LogP contribution is -2.31. The van der Waals surface area contributed by atoms with E-state index in [4.69, 9.17) is 5.73 Å². The highest BCUT2D eigenvalue weighted by molar-refractivity contribution is 9.10. The minimum atomic E-state index is 0.0999. The Bertz CT molecular complexity index is 337. The molecule has 0 aliphatic rings. The SMILES string of the molecule is Cc1cc(NCC(C)(C)CN)ncc1Br. The van der Waals surface area contributed by atoms with Gasteiger partial charge >= 0.3 is 0 Å². The van der Waals surface area contributed by atoms with Crippen LogP contribution in [0.15, 0.2) is 16.7 Å². The topological polar surface area (TPSA) is 50.9 Å². The highest BCUT2D eigenvalue weighted by Gasteiger charge is 2.15. The summed E-state index contributed by atoms with van der Waals surface area (Å²) >= 11 is 3.42. The largest absolute Gasteiger partial charge is 0.369 e. The normalized spacial score (nSPS) is 11.5. The van der Waals surface area contributed by atoms with Gasteiger partial charge in [0, 0.05) is 17.2 Å². The van der Waals surface area contributed by atoms with Gasteiger partial charge in [-0.1, -0.05) is 13.8 Å². The van der Waals surface area contributed by atoms with E-state index < -0.39 is 0 Å². The number of nitrogens with two attached hydrogens (primary N) is 1. The maximum Gasteiger partial charge on any atom is 0.126 e. The second kappa shape index (κ2) is 4.94. The zero-order chi connectivity index (χ0) is 11.5. The Labute approximate surface area is 99.6 Å². The standard InChI is InChI=1S/C11H18BrN3/c1-8-4-10(14-5-9(8)12)15-7-11(2,3)6-13/h4-5H,6-7,13H2,1-3H3,(H,14,15). The Hall–Kier alpha value is -0.610. The molecule has 15 heavy (non-hydrogen) atoms. The third kappa shape index (κ3) is 3.80. The van der Waals surface area contributed by atoms with E-state index >= 15 is 0 Å². The maximum atomic E-state index is 5.66. The first-order chi connectivity index (χ1) is 6.94. The van der Waals surface area contributed by atoms with Crippen LogP contribution < -0.4 is 11.1 Å². The summed E-state index contributed by atoms with van der Waals surface area (Å²) in [6.45, 7) is 7.80. The van der Waals surface area contributed by atoms with E-state index in [1.54, 1.807) is 0 Å². The number of pyridine rings is 1. The molecular weight excluding hydrogens is 254 g/mol. The van der Waals surface area contributed by atoms with Crippen molar-refractivity contribution < 1.29 is 0 Å². The summed E-state index contributed by atoms with van der Waals surface area (Å²) in [4.78, 5) is 4.28. The molecule has 1 aromatic heterocycles. The van der Waals surface area contributed by atoms with E-state index in [1.807, 2.05) is 19.2 Å². The van der Waals surface area contributed by atoms with Crippen LogP contribution in [0.2, 0.25) is 0 Å². The van der Waals surface area contributed by atoms with Crippen LogP contribution in [0.1, 0.15) is 19.4 Å². The molecule has 0 aliphatic carbocycles. The molecule has 0 aliphatic heterocycles. The van der Waals surface area contributed by atoms with Gasteiger partial charge in [0.25, 0.3) is 0 Å². The lowest BCUT2D eigenvalue weighted by Gasteiger charge is -2.23. The summed E-state index contributed by atoms with van der Waals surface area (Å²) in [6.07, 6.45) is 1.81. The van der Waals surface area contributed by atoms with E-state index in [0.717, 1.165) is 16.8 Å². The van der Waals surface area contributed by atoms with Crippen molar-refractivity contribution in [3.63, 3.8) is 0 Å². The van der Waals surface area contributed by atoms with Crippen molar-refractivity contribution in [2.24, 2.45) is 11.1 Å². The van der Waals surface area contributed by atoms with Crippen molar-refractivity contribution >= 4 is 21.7 Å². The van der Waals surface area contributed by atoms with Crippen molar-refractivity contribution in [2.45, 2.75) is 20.8 Å². The molecule has 1 rings (SSSR count). The summed E-state index contributed by atoms with van der Waals surface area (Å²) in [7, 11) is 0. The van der Waals surface area contributed by atoms with E-state index in [0.29, 0.717) is 6.54 Å². The fourth-order valence-corrected chi connectivity index (χ4v) is 1.25. The molecule has 3 nitrogen and oxygen atoms in total. The van der Waals surface area contributed by atoms with Gasteiger partial charge in [0.05, 0.1) is 0 Å². The van der Waals surface area contributed by atoms with E-state index in [1.165, 1.54) is 5.56 Å². The van der Waals surface area contributed by atoms with Gasteiger partial charge in [-0.3, -0.25) is 0 Å². The molecule has 1 heterocycles.